The Morgan fingerprint density at radius 1 is 1.32 bits per heavy atom. The van der Waals surface area contributed by atoms with Gasteiger partial charge in [-0.3, -0.25) is 0 Å². The van der Waals surface area contributed by atoms with Gasteiger partial charge in [0.1, 0.15) is 10.6 Å². The number of nitrogens with zero attached hydrogens (tertiary/aromatic N) is 2. The van der Waals surface area contributed by atoms with E-state index in [9.17, 15) is 9.90 Å². The SMILES string of the molecule is COc1cc(-c2nc(N)nc3sc(C(=O)O)c(OC)c23)c(Cl)cc1Br. The molecule has 0 saturated heterocycles. The van der Waals surface area contributed by atoms with Gasteiger partial charge in [-0.25, -0.2) is 14.8 Å². The summed E-state index contributed by atoms with van der Waals surface area (Å²) in [5, 5.41) is 10.2. The van der Waals surface area contributed by atoms with Crippen LogP contribution in [-0.4, -0.2) is 35.3 Å². The first-order valence-corrected chi connectivity index (χ1v) is 8.76. The summed E-state index contributed by atoms with van der Waals surface area (Å²) in [6.07, 6.45) is 0. The fourth-order valence-electron chi connectivity index (χ4n) is 2.39. The Kier molecular flexibility index (Phi) is 4.72. The van der Waals surface area contributed by atoms with Crippen molar-refractivity contribution in [2.45, 2.75) is 0 Å². The first-order chi connectivity index (χ1) is 11.9. The summed E-state index contributed by atoms with van der Waals surface area (Å²) < 4.78 is 11.3. The third kappa shape index (κ3) is 2.99. The minimum Gasteiger partial charge on any atom is -0.496 e. The first kappa shape index (κ1) is 17.7. The van der Waals surface area contributed by atoms with E-state index in [4.69, 9.17) is 26.8 Å². The number of rotatable bonds is 4. The topological polar surface area (TPSA) is 108 Å². The van der Waals surface area contributed by atoms with Gasteiger partial charge in [0.05, 0.1) is 34.8 Å². The summed E-state index contributed by atoms with van der Waals surface area (Å²) in [5.41, 5.74) is 6.70. The van der Waals surface area contributed by atoms with Crippen molar-refractivity contribution in [2.75, 3.05) is 20.0 Å². The molecule has 1 aromatic carbocycles. The molecule has 0 aliphatic carbocycles. The molecule has 0 saturated carbocycles. The van der Waals surface area contributed by atoms with Crippen molar-refractivity contribution in [3.8, 4) is 22.8 Å². The van der Waals surface area contributed by atoms with Crippen LogP contribution >= 0.6 is 38.9 Å². The van der Waals surface area contributed by atoms with Crippen LogP contribution in [-0.2, 0) is 0 Å². The van der Waals surface area contributed by atoms with Gasteiger partial charge in [0, 0.05) is 5.56 Å². The van der Waals surface area contributed by atoms with Gasteiger partial charge in [-0.2, -0.15) is 0 Å². The van der Waals surface area contributed by atoms with Crippen LogP contribution in [0.2, 0.25) is 5.02 Å². The number of carboxylic acids is 1. The lowest BCUT2D eigenvalue weighted by Gasteiger charge is -2.11. The van der Waals surface area contributed by atoms with Crippen LogP contribution in [0.25, 0.3) is 21.5 Å². The minimum absolute atomic E-state index is 0.00120. The Balaban J connectivity index is 2.42. The fourth-order valence-corrected chi connectivity index (χ4v) is 4.27. The molecule has 3 N–H and O–H groups in total. The Bertz CT molecular complexity index is 1010. The van der Waals surface area contributed by atoms with Gasteiger partial charge in [0.25, 0.3) is 0 Å². The molecule has 0 aliphatic rings. The minimum atomic E-state index is -1.12. The van der Waals surface area contributed by atoms with Gasteiger partial charge in [0.15, 0.2) is 10.6 Å². The molecule has 2 aromatic heterocycles. The smallest absolute Gasteiger partial charge is 0.349 e. The fraction of sp³-hybridized carbons (Fsp3) is 0.133. The zero-order valence-electron chi connectivity index (χ0n) is 13.0. The van der Waals surface area contributed by atoms with Gasteiger partial charge in [0.2, 0.25) is 5.95 Å². The average Bonchev–Trinajstić information content (AvgIpc) is 2.93. The molecule has 0 amide bonds. The molecule has 2 heterocycles. The van der Waals surface area contributed by atoms with Crippen molar-refractivity contribution in [1.82, 2.24) is 9.97 Å². The van der Waals surface area contributed by atoms with Crippen LogP contribution < -0.4 is 15.2 Å². The van der Waals surface area contributed by atoms with Crippen molar-refractivity contribution in [2.24, 2.45) is 0 Å². The van der Waals surface area contributed by atoms with E-state index in [1.165, 1.54) is 14.2 Å². The first-order valence-electron chi connectivity index (χ1n) is 6.78. The molecule has 0 bridgehead atoms. The predicted octanol–water partition coefficient (Wildman–Crippen LogP) is 4.07. The molecule has 0 atom stereocenters. The van der Waals surface area contributed by atoms with E-state index in [1.807, 2.05) is 0 Å². The molecular formula is C15H11BrClN3O4S. The Hall–Kier alpha value is -2.10. The molecule has 0 spiro atoms. The highest BCUT2D eigenvalue weighted by atomic mass is 79.9. The number of ether oxygens (including phenoxy) is 2. The van der Waals surface area contributed by atoms with Crippen LogP contribution in [0.3, 0.4) is 0 Å². The van der Waals surface area contributed by atoms with Gasteiger partial charge in [-0.05, 0) is 28.1 Å². The molecule has 7 nitrogen and oxygen atoms in total. The van der Waals surface area contributed by atoms with Gasteiger partial charge in [-0.1, -0.05) is 11.6 Å². The van der Waals surface area contributed by atoms with Gasteiger partial charge >= 0.3 is 5.97 Å². The van der Waals surface area contributed by atoms with Crippen LogP contribution in [0.5, 0.6) is 11.5 Å². The third-order valence-electron chi connectivity index (χ3n) is 3.42. The van der Waals surface area contributed by atoms with E-state index in [0.29, 0.717) is 36.7 Å². The zero-order chi connectivity index (χ0) is 18.3. The van der Waals surface area contributed by atoms with E-state index >= 15 is 0 Å². The Morgan fingerprint density at radius 3 is 2.64 bits per heavy atom. The van der Waals surface area contributed by atoms with E-state index in [2.05, 4.69) is 25.9 Å². The number of aromatic carboxylic acids is 1. The number of methoxy groups -OCH3 is 2. The molecule has 25 heavy (non-hydrogen) atoms. The summed E-state index contributed by atoms with van der Waals surface area (Å²) >= 11 is 10.7. The van der Waals surface area contributed by atoms with Crippen molar-refractivity contribution in [3.05, 3.63) is 26.5 Å². The summed E-state index contributed by atoms with van der Waals surface area (Å²) in [6, 6.07) is 3.35. The highest BCUT2D eigenvalue weighted by Crippen LogP contribution is 2.45. The molecule has 10 heteroatoms. The van der Waals surface area contributed by atoms with Crippen LogP contribution in [0, 0.1) is 0 Å². The van der Waals surface area contributed by atoms with E-state index in [-0.39, 0.29) is 16.6 Å². The van der Waals surface area contributed by atoms with Crippen molar-refractivity contribution in [1.29, 1.82) is 0 Å². The molecule has 0 fully saturated rings. The third-order valence-corrected chi connectivity index (χ3v) is 5.41. The maximum Gasteiger partial charge on any atom is 0.349 e. The highest BCUT2D eigenvalue weighted by Gasteiger charge is 2.25. The normalized spacial score (nSPS) is 10.9. The van der Waals surface area contributed by atoms with Crippen LogP contribution in [0.4, 0.5) is 5.95 Å². The molecule has 130 valence electrons. The van der Waals surface area contributed by atoms with E-state index in [1.54, 1.807) is 12.1 Å². The van der Waals surface area contributed by atoms with Crippen molar-refractivity contribution < 1.29 is 19.4 Å². The Morgan fingerprint density at radius 2 is 2.04 bits per heavy atom. The lowest BCUT2D eigenvalue weighted by Crippen LogP contribution is -1.99. The van der Waals surface area contributed by atoms with E-state index in [0.717, 1.165) is 11.3 Å². The number of nitrogens with two attached hydrogens (primary N) is 1. The standard InChI is InChI=1S/C15H11BrClN3O4S/c1-23-8-3-5(7(17)4-6(8)16)10-9-11(24-2)12(14(21)22)25-13(9)20-15(18)19-10/h3-4H,1-2H3,(H,21,22)(H2,18,19,20). The second kappa shape index (κ2) is 6.66. The summed E-state index contributed by atoms with van der Waals surface area (Å²) in [5.74, 6) is -0.414. The van der Waals surface area contributed by atoms with Crippen molar-refractivity contribution in [3.63, 3.8) is 0 Å². The lowest BCUT2D eigenvalue weighted by molar-refractivity contribution is 0.0699. The number of thiophene rings is 1. The number of aromatic nitrogens is 2. The molecule has 0 aliphatic heterocycles. The van der Waals surface area contributed by atoms with Crippen LogP contribution in [0.1, 0.15) is 9.67 Å². The zero-order valence-corrected chi connectivity index (χ0v) is 16.1. The maximum atomic E-state index is 11.5. The second-order valence-electron chi connectivity index (χ2n) is 4.85. The number of fused-ring (bicyclic) bond motifs is 1. The highest BCUT2D eigenvalue weighted by molar-refractivity contribution is 9.10. The number of benzene rings is 1. The molecule has 3 aromatic rings. The number of halogens is 2. The van der Waals surface area contributed by atoms with Crippen LogP contribution in [0.15, 0.2) is 16.6 Å². The summed E-state index contributed by atoms with van der Waals surface area (Å²) in [4.78, 5) is 20.3. The number of carbonyl (C=O) groups is 1. The predicted molar refractivity (Wildman–Crippen MR) is 100 cm³/mol. The maximum absolute atomic E-state index is 11.5. The summed E-state index contributed by atoms with van der Waals surface area (Å²) in [6.45, 7) is 0. The lowest BCUT2D eigenvalue weighted by atomic mass is 10.1. The number of anilines is 1. The average molecular weight is 445 g/mol. The van der Waals surface area contributed by atoms with Gasteiger partial charge < -0.3 is 20.3 Å². The molecule has 0 radical (unpaired) electrons. The van der Waals surface area contributed by atoms with E-state index < -0.39 is 5.97 Å². The number of nitrogen functional groups attached to an aromatic ring is 1. The molecule has 0 unspecified atom stereocenters. The molecular weight excluding hydrogens is 434 g/mol. The van der Waals surface area contributed by atoms with Crippen molar-refractivity contribution >= 4 is 61.0 Å². The quantitative estimate of drug-likeness (QED) is 0.624. The summed E-state index contributed by atoms with van der Waals surface area (Å²) in [7, 11) is 2.91. The number of hydrogen-bond acceptors (Lipinski definition) is 7. The largest absolute Gasteiger partial charge is 0.496 e. The monoisotopic (exact) mass is 443 g/mol. The number of hydrogen-bond donors (Lipinski definition) is 2. The van der Waals surface area contributed by atoms with Gasteiger partial charge in [-0.15, -0.1) is 11.3 Å². The second-order valence-corrected chi connectivity index (χ2v) is 7.11. The number of carboxylic acid groups (broad SMARTS) is 1. The molecule has 3 rings (SSSR count). The Labute approximate surface area is 159 Å².